The monoisotopic (exact) mass is 381 g/mol. The van der Waals surface area contributed by atoms with E-state index < -0.39 is 0 Å². The lowest BCUT2D eigenvalue weighted by atomic mass is 10.1. The quantitative estimate of drug-likeness (QED) is 0.543. The van der Waals surface area contributed by atoms with Gasteiger partial charge >= 0.3 is 0 Å². The van der Waals surface area contributed by atoms with Crippen molar-refractivity contribution in [3.63, 3.8) is 0 Å². The molecule has 0 radical (unpaired) electrons. The molecule has 1 heterocycles. The topological polar surface area (TPSA) is 61.8 Å². The van der Waals surface area contributed by atoms with E-state index >= 15 is 0 Å². The first-order chi connectivity index (χ1) is 13.5. The zero-order valence-corrected chi connectivity index (χ0v) is 17.3. The highest BCUT2D eigenvalue weighted by atomic mass is 16.5. The molecule has 6 heteroatoms. The highest BCUT2D eigenvalue weighted by Gasteiger charge is 2.22. The van der Waals surface area contributed by atoms with E-state index in [2.05, 4.69) is 45.7 Å². The molecule has 0 saturated heterocycles. The first-order valence-corrected chi connectivity index (χ1v) is 9.85. The largest absolute Gasteiger partial charge is 0.493 e. The van der Waals surface area contributed by atoms with Gasteiger partial charge in [0, 0.05) is 33.3 Å². The fourth-order valence-corrected chi connectivity index (χ4v) is 2.82. The van der Waals surface area contributed by atoms with E-state index in [0.717, 1.165) is 41.3 Å². The number of hydrogen-bond donors (Lipinski definition) is 2. The van der Waals surface area contributed by atoms with Gasteiger partial charge in [0.2, 0.25) is 0 Å². The Bertz CT molecular complexity index is 814. The number of nitrogens with one attached hydrogen (secondary N) is 2. The van der Waals surface area contributed by atoms with Gasteiger partial charge in [0.15, 0.2) is 5.96 Å². The van der Waals surface area contributed by atoms with Crippen molar-refractivity contribution in [2.45, 2.75) is 32.9 Å². The molecule has 1 aromatic heterocycles. The Morgan fingerprint density at radius 3 is 2.68 bits per heavy atom. The van der Waals surface area contributed by atoms with Gasteiger partial charge in [-0.15, -0.1) is 0 Å². The molecule has 1 fully saturated rings. The summed E-state index contributed by atoms with van der Waals surface area (Å²) in [5, 5.41) is 6.71. The van der Waals surface area contributed by atoms with Crippen molar-refractivity contribution in [3.8, 4) is 5.75 Å². The lowest BCUT2D eigenvalue weighted by Gasteiger charge is -2.16. The Labute approximate surface area is 168 Å². The first kappa shape index (κ1) is 20.0. The minimum Gasteiger partial charge on any atom is -0.493 e. The molecule has 1 aliphatic carbocycles. The van der Waals surface area contributed by atoms with Gasteiger partial charge in [-0.05, 0) is 49.4 Å². The Balaban J connectivity index is 1.56. The lowest BCUT2D eigenvalue weighted by Crippen LogP contribution is -2.36. The van der Waals surface area contributed by atoms with Crippen molar-refractivity contribution in [3.05, 3.63) is 53.2 Å². The van der Waals surface area contributed by atoms with Gasteiger partial charge in [0.05, 0.1) is 18.8 Å². The molecule has 0 atom stereocenters. The molecule has 1 aliphatic rings. The molecule has 0 aliphatic heterocycles. The minimum atomic E-state index is 0.611. The fourth-order valence-electron chi connectivity index (χ4n) is 2.82. The first-order valence-electron chi connectivity index (χ1n) is 9.85. The molecule has 2 aromatic rings. The summed E-state index contributed by atoms with van der Waals surface area (Å²) >= 11 is 0. The van der Waals surface area contributed by atoms with Crippen LogP contribution in [-0.2, 0) is 13.1 Å². The maximum atomic E-state index is 6.06. The van der Waals surface area contributed by atoms with Crippen LogP contribution in [0.15, 0.2) is 41.4 Å². The number of pyridine rings is 1. The van der Waals surface area contributed by atoms with Crippen LogP contribution in [0, 0.1) is 12.8 Å². The fraction of sp³-hybridized carbons (Fsp3) is 0.455. The second kappa shape index (κ2) is 9.44. The summed E-state index contributed by atoms with van der Waals surface area (Å²) in [6.45, 7) is 4.18. The van der Waals surface area contributed by atoms with Crippen LogP contribution in [0.1, 0.15) is 29.7 Å². The number of nitrogens with zero attached hydrogens (tertiary/aromatic N) is 3. The molecule has 1 saturated carbocycles. The van der Waals surface area contributed by atoms with Crippen molar-refractivity contribution >= 4 is 11.8 Å². The normalized spacial score (nSPS) is 13.9. The molecule has 0 spiro atoms. The van der Waals surface area contributed by atoms with Gasteiger partial charge in [0.1, 0.15) is 11.6 Å². The summed E-state index contributed by atoms with van der Waals surface area (Å²) in [5.41, 5.74) is 3.32. The van der Waals surface area contributed by atoms with Crippen molar-refractivity contribution in [2.75, 3.05) is 32.6 Å². The second-order valence-electron chi connectivity index (χ2n) is 7.53. The molecule has 0 amide bonds. The predicted molar refractivity (Wildman–Crippen MR) is 115 cm³/mol. The molecule has 0 unspecified atom stereocenters. The Hall–Kier alpha value is -2.76. The third-order valence-electron chi connectivity index (χ3n) is 4.75. The molecule has 1 aromatic carbocycles. The van der Waals surface area contributed by atoms with E-state index in [1.807, 2.05) is 37.2 Å². The molecule has 2 N–H and O–H groups in total. The average molecular weight is 382 g/mol. The Morgan fingerprint density at radius 1 is 1.18 bits per heavy atom. The number of aryl methyl sites for hydroxylation is 1. The summed E-state index contributed by atoms with van der Waals surface area (Å²) in [5.74, 6) is 3.39. The van der Waals surface area contributed by atoms with Crippen LogP contribution in [0.3, 0.4) is 0 Å². The molecule has 6 nitrogen and oxygen atoms in total. The van der Waals surface area contributed by atoms with Crippen LogP contribution < -0.4 is 20.3 Å². The van der Waals surface area contributed by atoms with E-state index in [0.29, 0.717) is 13.1 Å². The number of ether oxygens (including phenoxy) is 1. The van der Waals surface area contributed by atoms with Crippen molar-refractivity contribution < 1.29 is 4.74 Å². The van der Waals surface area contributed by atoms with Crippen LogP contribution in [0.5, 0.6) is 5.75 Å². The second-order valence-corrected chi connectivity index (χ2v) is 7.53. The molecular weight excluding hydrogens is 350 g/mol. The van der Waals surface area contributed by atoms with Gasteiger partial charge in [-0.3, -0.25) is 4.99 Å². The maximum Gasteiger partial charge on any atom is 0.191 e. The Kier molecular flexibility index (Phi) is 6.74. The summed E-state index contributed by atoms with van der Waals surface area (Å²) in [6.07, 6.45) is 2.58. The van der Waals surface area contributed by atoms with Gasteiger partial charge < -0.3 is 20.3 Å². The van der Waals surface area contributed by atoms with Gasteiger partial charge in [-0.2, -0.15) is 0 Å². The van der Waals surface area contributed by atoms with E-state index in [1.165, 1.54) is 18.4 Å². The summed E-state index contributed by atoms with van der Waals surface area (Å²) < 4.78 is 6.06. The average Bonchev–Trinajstić information content (AvgIpc) is 3.52. The lowest BCUT2D eigenvalue weighted by molar-refractivity contribution is 0.296. The molecule has 150 valence electrons. The number of rotatable bonds is 8. The van der Waals surface area contributed by atoms with Crippen molar-refractivity contribution in [1.29, 1.82) is 0 Å². The van der Waals surface area contributed by atoms with E-state index in [9.17, 15) is 0 Å². The zero-order chi connectivity index (χ0) is 19.9. The number of benzene rings is 1. The summed E-state index contributed by atoms with van der Waals surface area (Å²) in [7, 11) is 5.76. The van der Waals surface area contributed by atoms with Gasteiger partial charge in [0.25, 0.3) is 0 Å². The molecule has 3 rings (SSSR count). The highest BCUT2D eigenvalue weighted by molar-refractivity contribution is 5.79. The van der Waals surface area contributed by atoms with Crippen LogP contribution in [-0.4, -0.2) is 38.7 Å². The summed E-state index contributed by atoms with van der Waals surface area (Å²) in [6, 6.07) is 12.4. The third-order valence-corrected chi connectivity index (χ3v) is 4.75. The standard InChI is InChI=1S/C22H31N5O/c1-16-8-11-18(20(12-16)28-15-17-9-10-17)13-24-22(23-2)25-14-19-6-5-7-21(26-19)27(3)4/h5-8,11-12,17H,9-10,13-15H2,1-4H3,(H2,23,24,25). The number of aliphatic imine (C=N–C) groups is 1. The van der Waals surface area contributed by atoms with E-state index in [1.54, 1.807) is 7.05 Å². The van der Waals surface area contributed by atoms with Crippen LogP contribution in [0.25, 0.3) is 0 Å². The molecular formula is C22H31N5O. The van der Waals surface area contributed by atoms with E-state index in [-0.39, 0.29) is 0 Å². The van der Waals surface area contributed by atoms with Crippen LogP contribution >= 0.6 is 0 Å². The van der Waals surface area contributed by atoms with E-state index in [4.69, 9.17) is 4.74 Å². The SMILES string of the molecule is CN=C(NCc1cccc(N(C)C)n1)NCc1ccc(C)cc1OCC1CC1. The Morgan fingerprint density at radius 2 is 1.96 bits per heavy atom. The molecule has 28 heavy (non-hydrogen) atoms. The van der Waals surface area contributed by atoms with Crippen LogP contribution in [0.2, 0.25) is 0 Å². The van der Waals surface area contributed by atoms with Gasteiger partial charge in [-0.1, -0.05) is 18.2 Å². The van der Waals surface area contributed by atoms with Crippen molar-refractivity contribution in [2.24, 2.45) is 10.9 Å². The number of anilines is 1. The smallest absolute Gasteiger partial charge is 0.191 e. The zero-order valence-electron chi connectivity index (χ0n) is 17.3. The maximum absolute atomic E-state index is 6.06. The number of guanidine groups is 1. The van der Waals surface area contributed by atoms with Gasteiger partial charge in [-0.25, -0.2) is 4.98 Å². The van der Waals surface area contributed by atoms with Crippen molar-refractivity contribution in [1.82, 2.24) is 15.6 Å². The van der Waals surface area contributed by atoms with Crippen LogP contribution in [0.4, 0.5) is 5.82 Å². The predicted octanol–water partition coefficient (Wildman–Crippen LogP) is 3.11. The molecule has 0 bridgehead atoms. The number of hydrogen-bond acceptors (Lipinski definition) is 4. The number of aromatic nitrogens is 1. The highest BCUT2D eigenvalue weighted by Crippen LogP contribution is 2.30. The third kappa shape index (κ3) is 5.87. The summed E-state index contributed by atoms with van der Waals surface area (Å²) in [4.78, 5) is 10.9. The minimum absolute atomic E-state index is 0.611.